The first-order valence-corrected chi connectivity index (χ1v) is 9.94. The second-order valence-electron chi connectivity index (χ2n) is 7.53. The largest absolute Gasteiger partial charge is 0.469 e. The van der Waals surface area contributed by atoms with Gasteiger partial charge in [-0.05, 0) is 63.1 Å². The van der Waals surface area contributed by atoms with Crippen molar-refractivity contribution in [2.75, 3.05) is 14.2 Å². The van der Waals surface area contributed by atoms with Gasteiger partial charge in [-0.1, -0.05) is 15.9 Å². The molecule has 2 heterocycles. The van der Waals surface area contributed by atoms with Crippen LogP contribution >= 0.6 is 15.9 Å². The molecule has 1 aromatic carbocycles. The lowest BCUT2D eigenvalue weighted by Gasteiger charge is -2.22. The van der Waals surface area contributed by atoms with Crippen molar-refractivity contribution in [1.29, 1.82) is 0 Å². The monoisotopic (exact) mass is 444 g/mol. The maximum Gasteiger partial charge on any atom is 0.311 e. The molecule has 148 valence electrons. The van der Waals surface area contributed by atoms with Crippen LogP contribution in [-0.2, 0) is 20.7 Å². The standard InChI is InChI=1S/C22H25BrN2O3/c1-13(27-4)19-15(7-6-10-24-19)20-17(12-22(2,3)21(26)28-5)16-11-14(23)8-9-18(16)25-20/h6-11,13,25H,12H2,1-5H3/t13-/m0/s1. The Labute approximate surface area is 173 Å². The van der Waals surface area contributed by atoms with Crippen LogP contribution in [0.1, 0.15) is 38.1 Å². The Morgan fingerprint density at radius 2 is 2.04 bits per heavy atom. The van der Waals surface area contributed by atoms with Crippen molar-refractivity contribution in [3.8, 4) is 11.3 Å². The zero-order chi connectivity index (χ0) is 20.5. The third kappa shape index (κ3) is 3.84. The highest BCUT2D eigenvalue weighted by Crippen LogP contribution is 2.38. The van der Waals surface area contributed by atoms with Crippen LogP contribution < -0.4 is 0 Å². The van der Waals surface area contributed by atoms with E-state index in [0.717, 1.165) is 37.9 Å². The van der Waals surface area contributed by atoms with Crippen LogP contribution in [0.5, 0.6) is 0 Å². The van der Waals surface area contributed by atoms with Gasteiger partial charge in [0.15, 0.2) is 0 Å². The number of H-pyrrole nitrogens is 1. The van der Waals surface area contributed by atoms with Crippen LogP contribution in [0.4, 0.5) is 0 Å². The fourth-order valence-corrected chi connectivity index (χ4v) is 3.85. The van der Waals surface area contributed by atoms with Gasteiger partial charge in [0.25, 0.3) is 0 Å². The molecule has 0 spiro atoms. The molecule has 0 saturated heterocycles. The van der Waals surface area contributed by atoms with Gasteiger partial charge in [0.1, 0.15) is 0 Å². The third-order valence-electron chi connectivity index (χ3n) is 5.07. The van der Waals surface area contributed by atoms with Gasteiger partial charge >= 0.3 is 5.97 Å². The Hall–Kier alpha value is -2.18. The highest BCUT2D eigenvalue weighted by molar-refractivity contribution is 9.10. The van der Waals surface area contributed by atoms with E-state index in [9.17, 15) is 4.79 Å². The molecule has 0 saturated carbocycles. The molecule has 6 heteroatoms. The Bertz CT molecular complexity index is 1010. The number of halogens is 1. The summed E-state index contributed by atoms with van der Waals surface area (Å²) in [4.78, 5) is 20.5. The number of benzene rings is 1. The smallest absolute Gasteiger partial charge is 0.311 e. The van der Waals surface area contributed by atoms with Crippen molar-refractivity contribution >= 4 is 32.8 Å². The average molecular weight is 445 g/mol. The fraction of sp³-hybridized carbons (Fsp3) is 0.364. The van der Waals surface area contributed by atoms with Crippen molar-refractivity contribution in [2.24, 2.45) is 5.41 Å². The number of esters is 1. The van der Waals surface area contributed by atoms with Gasteiger partial charge in [0.05, 0.1) is 30.0 Å². The summed E-state index contributed by atoms with van der Waals surface area (Å²) in [6, 6.07) is 10.1. The topological polar surface area (TPSA) is 64.2 Å². The third-order valence-corrected chi connectivity index (χ3v) is 5.56. The van der Waals surface area contributed by atoms with E-state index in [4.69, 9.17) is 9.47 Å². The fourth-order valence-electron chi connectivity index (χ4n) is 3.49. The first-order chi connectivity index (χ1) is 13.3. The number of hydrogen-bond acceptors (Lipinski definition) is 4. The Balaban J connectivity index is 2.26. The van der Waals surface area contributed by atoms with Crippen LogP contribution in [0.2, 0.25) is 0 Å². The predicted molar refractivity (Wildman–Crippen MR) is 114 cm³/mol. The van der Waals surface area contributed by atoms with Gasteiger partial charge in [-0.2, -0.15) is 0 Å². The number of pyridine rings is 1. The molecule has 0 aliphatic heterocycles. The van der Waals surface area contributed by atoms with Crippen LogP contribution in [0.25, 0.3) is 22.2 Å². The summed E-state index contributed by atoms with van der Waals surface area (Å²) in [7, 11) is 3.10. The molecule has 28 heavy (non-hydrogen) atoms. The molecule has 5 nitrogen and oxygen atoms in total. The number of nitrogens with one attached hydrogen (secondary N) is 1. The van der Waals surface area contributed by atoms with Gasteiger partial charge in [-0.15, -0.1) is 0 Å². The van der Waals surface area contributed by atoms with E-state index in [0.29, 0.717) is 6.42 Å². The van der Waals surface area contributed by atoms with Gasteiger partial charge < -0.3 is 14.5 Å². The number of nitrogens with zero attached hydrogens (tertiary/aromatic N) is 1. The minimum absolute atomic E-state index is 0.157. The zero-order valence-corrected chi connectivity index (χ0v) is 18.4. The number of carbonyl (C=O) groups excluding carboxylic acids is 1. The number of carbonyl (C=O) groups is 1. The highest BCUT2D eigenvalue weighted by atomic mass is 79.9. The molecule has 0 bridgehead atoms. The zero-order valence-electron chi connectivity index (χ0n) is 16.8. The van der Waals surface area contributed by atoms with E-state index in [1.807, 2.05) is 45.0 Å². The molecule has 2 aromatic heterocycles. The molecule has 0 aliphatic rings. The predicted octanol–water partition coefficient (Wildman–Crippen LogP) is 5.44. The maximum atomic E-state index is 12.4. The van der Waals surface area contributed by atoms with E-state index < -0.39 is 5.41 Å². The molecule has 1 atom stereocenters. The summed E-state index contributed by atoms with van der Waals surface area (Å²) in [5.74, 6) is -0.237. The first kappa shape index (κ1) is 20.6. The summed E-state index contributed by atoms with van der Waals surface area (Å²) in [5, 5.41) is 1.07. The highest BCUT2D eigenvalue weighted by Gasteiger charge is 2.32. The summed E-state index contributed by atoms with van der Waals surface area (Å²) in [6.07, 6.45) is 2.14. The second-order valence-corrected chi connectivity index (χ2v) is 8.45. The number of ether oxygens (including phenoxy) is 2. The molecule has 3 aromatic rings. The maximum absolute atomic E-state index is 12.4. The van der Waals surface area contributed by atoms with E-state index in [1.165, 1.54) is 7.11 Å². The molecular weight excluding hydrogens is 420 g/mol. The van der Waals surface area contributed by atoms with Gasteiger partial charge in [-0.3, -0.25) is 9.78 Å². The first-order valence-electron chi connectivity index (χ1n) is 9.15. The van der Waals surface area contributed by atoms with Gasteiger partial charge in [0.2, 0.25) is 0 Å². The normalized spacial score (nSPS) is 12.9. The van der Waals surface area contributed by atoms with E-state index >= 15 is 0 Å². The van der Waals surface area contributed by atoms with Crippen LogP contribution in [0.15, 0.2) is 41.0 Å². The molecule has 0 radical (unpaired) electrons. The van der Waals surface area contributed by atoms with Crippen molar-refractivity contribution in [2.45, 2.75) is 33.3 Å². The second kappa shape index (κ2) is 8.05. The lowest BCUT2D eigenvalue weighted by atomic mass is 9.83. The number of fused-ring (bicyclic) bond motifs is 1. The number of aromatic amines is 1. The average Bonchev–Trinajstić information content (AvgIpc) is 3.03. The summed E-state index contributed by atoms with van der Waals surface area (Å²) in [6.45, 7) is 5.78. The Kier molecular flexibility index (Phi) is 5.91. The Morgan fingerprint density at radius 3 is 2.71 bits per heavy atom. The molecule has 0 aliphatic carbocycles. The van der Waals surface area contributed by atoms with Gasteiger partial charge in [0, 0.05) is 34.2 Å². The van der Waals surface area contributed by atoms with Gasteiger partial charge in [-0.25, -0.2) is 0 Å². The quantitative estimate of drug-likeness (QED) is 0.513. The number of aromatic nitrogens is 2. The van der Waals surface area contributed by atoms with E-state index in [-0.39, 0.29) is 12.1 Å². The molecule has 3 rings (SSSR count). The minimum atomic E-state index is -0.670. The number of hydrogen-bond donors (Lipinski definition) is 1. The summed E-state index contributed by atoms with van der Waals surface area (Å²) in [5.41, 5.74) is 4.18. The van der Waals surface area contributed by atoms with Crippen LogP contribution in [-0.4, -0.2) is 30.2 Å². The molecule has 1 N–H and O–H groups in total. The molecule has 0 fully saturated rings. The summed E-state index contributed by atoms with van der Waals surface area (Å²) >= 11 is 3.57. The van der Waals surface area contributed by atoms with Crippen molar-refractivity contribution in [3.05, 3.63) is 52.3 Å². The van der Waals surface area contributed by atoms with Crippen molar-refractivity contribution < 1.29 is 14.3 Å². The number of methoxy groups -OCH3 is 2. The molecular formula is C22H25BrN2O3. The van der Waals surface area contributed by atoms with Crippen molar-refractivity contribution in [3.63, 3.8) is 0 Å². The molecule has 0 unspecified atom stereocenters. The van der Waals surface area contributed by atoms with Crippen molar-refractivity contribution in [1.82, 2.24) is 9.97 Å². The SMILES string of the molecule is COC(=O)C(C)(C)Cc1c(-c2cccnc2[C@H](C)OC)[nH]c2ccc(Br)cc12. The number of rotatable bonds is 6. The van der Waals surface area contributed by atoms with Crippen LogP contribution in [0.3, 0.4) is 0 Å². The van der Waals surface area contributed by atoms with E-state index in [2.05, 4.69) is 32.0 Å². The lowest BCUT2D eigenvalue weighted by molar-refractivity contribution is -0.150. The lowest BCUT2D eigenvalue weighted by Crippen LogP contribution is -2.28. The Morgan fingerprint density at radius 1 is 1.29 bits per heavy atom. The molecule has 0 amide bonds. The van der Waals surface area contributed by atoms with Crippen LogP contribution in [0, 0.1) is 5.41 Å². The summed E-state index contributed by atoms with van der Waals surface area (Å²) < 4.78 is 11.5. The minimum Gasteiger partial charge on any atom is -0.469 e. The van der Waals surface area contributed by atoms with E-state index in [1.54, 1.807) is 13.3 Å².